The third-order valence-corrected chi connectivity index (χ3v) is 4.68. The molecular weight excluding hydrogens is 264 g/mol. The Bertz CT molecular complexity index is 503. The van der Waals surface area contributed by atoms with Crippen LogP contribution in [0.15, 0.2) is 24.3 Å². The standard InChI is InChI=1S/C17H24N2O2/c20-15-8-4-10-19(12-15)17(21)18-11-14-7-3-6-13-5-1-2-9-16(13)14/h1-2,5,9,14-15,20H,3-4,6-8,10-12H2,(H,18,21). The van der Waals surface area contributed by atoms with E-state index in [2.05, 4.69) is 29.6 Å². The highest BCUT2D eigenvalue weighted by Crippen LogP contribution is 2.30. The van der Waals surface area contributed by atoms with Gasteiger partial charge in [0.2, 0.25) is 0 Å². The monoisotopic (exact) mass is 288 g/mol. The number of carbonyl (C=O) groups is 1. The van der Waals surface area contributed by atoms with E-state index in [9.17, 15) is 9.90 Å². The fourth-order valence-corrected chi connectivity index (χ4v) is 3.53. The molecule has 1 aliphatic carbocycles. The number of urea groups is 1. The first-order valence-corrected chi connectivity index (χ1v) is 8.02. The third kappa shape index (κ3) is 3.38. The molecule has 1 aromatic carbocycles. The number of rotatable bonds is 2. The van der Waals surface area contributed by atoms with E-state index in [4.69, 9.17) is 0 Å². The van der Waals surface area contributed by atoms with Gasteiger partial charge in [-0.15, -0.1) is 0 Å². The maximum Gasteiger partial charge on any atom is 0.317 e. The van der Waals surface area contributed by atoms with Gasteiger partial charge in [-0.05, 0) is 43.2 Å². The first-order valence-electron chi connectivity index (χ1n) is 8.02. The summed E-state index contributed by atoms with van der Waals surface area (Å²) in [6, 6.07) is 8.53. The number of hydrogen-bond acceptors (Lipinski definition) is 2. The van der Waals surface area contributed by atoms with Crippen molar-refractivity contribution in [1.82, 2.24) is 10.2 Å². The van der Waals surface area contributed by atoms with Crippen LogP contribution in [0.2, 0.25) is 0 Å². The van der Waals surface area contributed by atoms with Crippen LogP contribution in [0.4, 0.5) is 4.79 Å². The summed E-state index contributed by atoms with van der Waals surface area (Å²) in [6.07, 6.45) is 4.82. The lowest BCUT2D eigenvalue weighted by Gasteiger charge is -2.31. The molecule has 1 heterocycles. The van der Waals surface area contributed by atoms with Crippen LogP contribution >= 0.6 is 0 Å². The Morgan fingerprint density at radius 3 is 3.00 bits per heavy atom. The zero-order valence-corrected chi connectivity index (χ0v) is 12.4. The van der Waals surface area contributed by atoms with Gasteiger partial charge in [0.25, 0.3) is 0 Å². The molecular formula is C17H24N2O2. The van der Waals surface area contributed by atoms with E-state index in [0.717, 1.165) is 32.2 Å². The van der Waals surface area contributed by atoms with Gasteiger partial charge >= 0.3 is 6.03 Å². The highest BCUT2D eigenvalue weighted by molar-refractivity contribution is 5.74. The van der Waals surface area contributed by atoms with Crippen molar-refractivity contribution in [3.8, 4) is 0 Å². The highest BCUT2D eigenvalue weighted by atomic mass is 16.3. The van der Waals surface area contributed by atoms with Crippen LogP contribution < -0.4 is 5.32 Å². The van der Waals surface area contributed by atoms with Crippen LogP contribution in [0, 0.1) is 0 Å². The summed E-state index contributed by atoms with van der Waals surface area (Å²) in [5, 5.41) is 12.7. The number of likely N-dealkylation sites (tertiary alicyclic amines) is 1. The molecule has 1 fully saturated rings. The smallest absolute Gasteiger partial charge is 0.317 e. The van der Waals surface area contributed by atoms with E-state index >= 15 is 0 Å². The second-order valence-corrected chi connectivity index (χ2v) is 6.22. The lowest BCUT2D eigenvalue weighted by Crippen LogP contribution is -2.48. The normalized spacial score (nSPS) is 25.3. The van der Waals surface area contributed by atoms with Crippen LogP contribution in [0.5, 0.6) is 0 Å². The molecule has 2 amide bonds. The molecule has 0 aromatic heterocycles. The number of carbonyl (C=O) groups excluding carboxylic acids is 1. The molecule has 114 valence electrons. The molecule has 21 heavy (non-hydrogen) atoms. The number of aliphatic hydroxyl groups is 1. The minimum absolute atomic E-state index is 0.0307. The van der Waals surface area contributed by atoms with E-state index in [1.54, 1.807) is 4.90 Å². The zero-order valence-electron chi connectivity index (χ0n) is 12.4. The first-order chi connectivity index (χ1) is 10.2. The minimum Gasteiger partial charge on any atom is -0.391 e. The summed E-state index contributed by atoms with van der Waals surface area (Å²) in [5.41, 5.74) is 2.82. The molecule has 1 aromatic rings. The maximum absolute atomic E-state index is 12.2. The fraction of sp³-hybridized carbons (Fsp3) is 0.588. The number of nitrogens with zero attached hydrogens (tertiary/aromatic N) is 1. The van der Waals surface area contributed by atoms with Crippen LogP contribution in [0.25, 0.3) is 0 Å². The number of fused-ring (bicyclic) bond motifs is 1. The van der Waals surface area contributed by atoms with Gasteiger partial charge in [-0.3, -0.25) is 0 Å². The zero-order chi connectivity index (χ0) is 14.7. The van der Waals surface area contributed by atoms with Crippen molar-refractivity contribution in [2.45, 2.75) is 44.1 Å². The van der Waals surface area contributed by atoms with Crippen molar-refractivity contribution in [3.05, 3.63) is 35.4 Å². The Morgan fingerprint density at radius 1 is 1.29 bits per heavy atom. The molecule has 4 heteroatoms. The predicted octanol–water partition coefficient (Wildman–Crippen LogP) is 2.27. The molecule has 4 nitrogen and oxygen atoms in total. The number of piperidine rings is 1. The highest BCUT2D eigenvalue weighted by Gasteiger charge is 2.24. The lowest BCUT2D eigenvalue weighted by molar-refractivity contribution is 0.0841. The predicted molar refractivity (Wildman–Crippen MR) is 82.3 cm³/mol. The van der Waals surface area contributed by atoms with Crippen molar-refractivity contribution < 1.29 is 9.90 Å². The number of hydrogen-bond donors (Lipinski definition) is 2. The maximum atomic E-state index is 12.2. The van der Waals surface area contributed by atoms with Crippen molar-refractivity contribution in [2.75, 3.05) is 19.6 Å². The summed E-state index contributed by atoms with van der Waals surface area (Å²) in [7, 11) is 0. The topological polar surface area (TPSA) is 52.6 Å². The molecule has 1 aliphatic heterocycles. The Labute approximate surface area is 126 Å². The summed E-state index contributed by atoms with van der Waals surface area (Å²) in [6.45, 7) is 1.92. The largest absolute Gasteiger partial charge is 0.391 e. The molecule has 0 bridgehead atoms. The minimum atomic E-state index is -0.361. The van der Waals surface area contributed by atoms with Gasteiger partial charge in [0.1, 0.15) is 0 Å². The molecule has 0 saturated carbocycles. The second-order valence-electron chi connectivity index (χ2n) is 6.22. The summed E-state index contributed by atoms with van der Waals surface area (Å²) in [4.78, 5) is 13.9. The second kappa shape index (κ2) is 6.48. The van der Waals surface area contributed by atoms with Gasteiger partial charge in [-0.25, -0.2) is 4.79 Å². The Hall–Kier alpha value is -1.55. The van der Waals surface area contributed by atoms with E-state index in [1.165, 1.54) is 17.5 Å². The van der Waals surface area contributed by atoms with E-state index in [1.807, 2.05) is 0 Å². The van der Waals surface area contributed by atoms with Gasteiger partial charge in [-0.2, -0.15) is 0 Å². The van der Waals surface area contributed by atoms with Crippen molar-refractivity contribution in [1.29, 1.82) is 0 Å². The Balaban J connectivity index is 1.57. The van der Waals surface area contributed by atoms with Gasteiger partial charge < -0.3 is 15.3 Å². The molecule has 0 radical (unpaired) electrons. The SMILES string of the molecule is O=C(NCC1CCCc2ccccc21)N1CCCC(O)C1. The van der Waals surface area contributed by atoms with Crippen LogP contribution in [-0.4, -0.2) is 41.8 Å². The Morgan fingerprint density at radius 2 is 2.14 bits per heavy atom. The van der Waals surface area contributed by atoms with E-state index in [-0.39, 0.29) is 12.1 Å². The van der Waals surface area contributed by atoms with Crippen molar-refractivity contribution in [3.63, 3.8) is 0 Å². The van der Waals surface area contributed by atoms with Gasteiger partial charge in [0.05, 0.1) is 6.10 Å². The summed E-state index contributed by atoms with van der Waals surface area (Å²) >= 11 is 0. The number of aryl methyl sites for hydroxylation is 1. The molecule has 2 unspecified atom stereocenters. The summed E-state index contributed by atoms with van der Waals surface area (Å²) < 4.78 is 0. The van der Waals surface area contributed by atoms with E-state index < -0.39 is 0 Å². The number of β-amino-alcohol motifs (C(OH)–C–C–N with tert-alkyl or cyclic N) is 1. The van der Waals surface area contributed by atoms with Crippen LogP contribution in [0.3, 0.4) is 0 Å². The quantitative estimate of drug-likeness (QED) is 0.877. The number of aliphatic hydroxyl groups excluding tert-OH is 1. The van der Waals surface area contributed by atoms with Crippen LogP contribution in [0.1, 0.15) is 42.7 Å². The van der Waals surface area contributed by atoms with Crippen molar-refractivity contribution >= 4 is 6.03 Å². The van der Waals surface area contributed by atoms with Crippen molar-refractivity contribution in [2.24, 2.45) is 0 Å². The molecule has 3 rings (SSSR count). The third-order valence-electron chi connectivity index (χ3n) is 4.68. The average molecular weight is 288 g/mol. The number of benzene rings is 1. The molecule has 2 N–H and O–H groups in total. The van der Waals surface area contributed by atoms with Gasteiger partial charge in [-0.1, -0.05) is 24.3 Å². The van der Waals surface area contributed by atoms with E-state index in [0.29, 0.717) is 19.0 Å². The number of nitrogens with one attached hydrogen (secondary N) is 1. The summed E-state index contributed by atoms with van der Waals surface area (Å²) in [5.74, 6) is 0.425. The first kappa shape index (κ1) is 14.4. The number of amides is 2. The molecule has 1 saturated heterocycles. The Kier molecular flexibility index (Phi) is 4.44. The molecule has 2 aliphatic rings. The molecule has 2 atom stereocenters. The van der Waals surface area contributed by atoms with Crippen LogP contribution in [-0.2, 0) is 6.42 Å². The van der Waals surface area contributed by atoms with Gasteiger partial charge in [0, 0.05) is 25.6 Å². The molecule has 0 spiro atoms. The average Bonchev–Trinajstić information content (AvgIpc) is 2.52. The van der Waals surface area contributed by atoms with Gasteiger partial charge in [0.15, 0.2) is 0 Å². The lowest BCUT2D eigenvalue weighted by atomic mass is 9.83. The fourth-order valence-electron chi connectivity index (χ4n) is 3.53.